The molecule has 1 atom stereocenters. The Morgan fingerprint density at radius 1 is 0.542 bits per heavy atom. The minimum absolute atomic E-state index is 0.0195. The van der Waals surface area contributed by atoms with Crippen molar-refractivity contribution in [2.45, 2.75) is 31.6 Å². The fourth-order valence-corrected chi connectivity index (χ4v) is 9.41. The fourth-order valence-electron chi connectivity index (χ4n) is 9.41. The van der Waals surface area contributed by atoms with Gasteiger partial charge < -0.3 is 4.57 Å². The van der Waals surface area contributed by atoms with E-state index in [4.69, 9.17) is 0 Å². The predicted octanol–water partition coefficient (Wildman–Crippen LogP) is 12.2. The third kappa shape index (κ3) is 3.36. The second-order valence-corrected chi connectivity index (χ2v) is 14.5. The zero-order valence-electron chi connectivity index (χ0n) is 27.1. The highest BCUT2D eigenvalue weighted by molar-refractivity contribution is 6.14. The van der Waals surface area contributed by atoms with E-state index < -0.39 is 0 Å². The lowest BCUT2D eigenvalue weighted by molar-refractivity contribution is 0.661. The molecule has 1 heteroatoms. The Morgan fingerprint density at radius 2 is 1.27 bits per heavy atom. The van der Waals surface area contributed by atoms with Gasteiger partial charge in [-0.15, -0.1) is 0 Å². The summed E-state index contributed by atoms with van der Waals surface area (Å²) in [5, 5.41) is 5.20. The molecule has 1 aromatic heterocycles. The first-order valence-corrected chi connectivity index (χ1v) is 17.2. The van der Waals surface area contributed by atoms with E-state index in [1.54, 1.807) is 0 Å². The first-order valence-electron chi connectivity index (χ1n) is 17.2. The summed E-state index contributed by atoms with van der Waals surface area (Å²) in [6, 6.07) is 52.7. The third-order valence-electron chi connectivity index (χ3n) is 11.7. The van der Waals surface area contributed by atoms with Gasteiger partial charge >= 0.3 is 0 Å². The lowest BCUT2D eigenvalue weighted by Crippen LogP contribution is -2.14. The average Bonchev–Trinajstić information content (AvgIpc) is 3.71. The summed E-state index contributed by atoms with van der Waals surface area (Å²) in [5.74, 6) is 0.351. The molecule has 1 nitrogen and oxygen atoms in total. The van der Waals surface area contributed by atoms with Crippen molar-refractivity contribution in [3.05, 3.63) is 179 Å². The highest BCUT2D eigenvalue weighted by Gasteiger charge is 2.35. The molecule has 7 aromatic carbocycles. The second-order valence-electron chi connectivity index (χ2n) is 14.5. The van der Waals surface area contributed by atoms with Gasteiger partial charge in [-0.3, -0.25) is 0 Å². The molecule has 11 rings (SSSR count). The Balaban J connectivity index is 1.05. The number of hydrogen-bond acceptors (Lipinski definition) is 0. The number of para-hydroxylation sites is 1. The van der Waals surface area contributed by atoms with Crippen molar-refractivity contribution >= 4 is 38.2 Å². The standard InChI is InChI=1S/C47H33N/c1-47(2)42-16-7-5-12-35(42)40-24-29-25-41-36-13-6-8-17-44(36)48(45(41)27-30(29)26-43(40)47)31-20-18-28(19-21-31)32-22-23-39-34-11-4-3-10-33(34)38-15-9-14-37(32)46(38)39/h3-21,23-27,32H,22H2,1-2H3. The van der Waals surface area contributed by atoms with Crippen LogP contribution in [-0.2, 0) is 5.41 Å². The van der Waals surface area contributed by atoms with Gasteiger partial charge in [-0.25, -0.2) is 0 Å². The highest BCUT2D eigenvalue weighted by Crippen LogP contribution is 2.52. The third-order valence-corrected chi connectivity index (χ3v) is 11.7. The predicted molar refractivity (Wildman–Crippen MR) is 201 cm³/mol. The molecule has 0 N–H and O–H groups in total. The van der Waals surface area contributed by atoms with E-state index in [0.717, 1.165) is 6.42 Å². The van der Waals surface area contributed by atoms with E-state index in [9.17, 15) is 0 Å². The van der Waals surface area contributed by atoms with Crippen LogP contribution < -0.4 is 0 Å². The Morgan fingerprint density at radius 3 is 2.15 bits per heavy atom. The van der Waals surface area contributed by atoms with Crippen molar-refractivity contribution < 1.29 is 0 Å². The summed E-state index contributed by atoms with van der Waals surface area (Å²) in [5.41, 5.74) is 19.1. The monoisotopic (exact) mass is 611 g/mol. The van der Waals surface area contributed by atoms with Crippen molar-refractivity contribution in [3.63, 3.8) is 0 Å². The van der Waals surface area contributed by atoms with Gasteiger partial charge in [0.15, 0.2) is 0 Å². The van der Waals surface area contributed by atoms with Gasteiger partial charge in [0.2, 0.25) is 0 Å². The van der Waals surface area contributed by atoms with Gasteiger partial charge in [-0.05, 0) is 121 Å². The van der Waals surface area contributed by atoms with Crippen LogP contribution in [0.15, 0.2) is 146 Å². The lowest BCUT2D eigenvalue weighted by atomic mass is 9.79. The molecule has 0 saturated heterocycles. The SMILES string of the molecule is CC1(C)c2ccccc2-c2cc3cc4c5ccccc5n(-c5ccc(C6CC=C7c8ccccc8-c8cccc6c87)cc5)c4cc3cc21. The van der Waals surface area contributed by atoms with Crippen LogP contribution in [0, 0.1) is 0 Å². The fraction of sp³-hybridized carbons (Fsp3) is 0.106. The molecule has 226 valence electrons. The Labute approximate surface area is 280 Å². The van der Waals surface area contributed by atoms with Gasteiger partial charge in [-0.1, -0.05) is 117 Å². The zero-order chi connectivity index (χ0) is 31.7. The van der Waals surface area contributed by atoms with E-state index >= 15 is 0 Å². The van der Waals surface area contributed by atoms with E-state index in [2.05, 4.69) is 164 Å². The average molecular weight is 612 g/mol. The van der Waals surface area contributed by atoms with Crippen LogP contribution in [0.3, 0.4) is 0 Å². The molecule has 1 heterocycles. The van der Waals surface area contributed by atoms with Crippen LogP contribution in [0.1, 0.15) is 59.6 Å². The Kier molecular flexibility index (Phi) is 5.08. The molecule has 48 heavy (non-hydrogen) atoms. The number of allylic oxidation sites excluding steroid dienone is 1. The van der Waals surface area contributed by atoms with Gasteiger partial charge in [0, 0.05) is 27.8 Å². The first kappa shape index (κ1) is 26.4. The van der Waals surface area contributed by atoms with Crippen LogP contribution >= 0.6 is 0 Å². The smallest absolute Gasteiger partial charge is 0.0547 e. The van der Waals surface area contributed by atoms with E-state index in [-0.39, 0.29) is 5.41 Å². The highest BCUT2D eigenvalue weighted by atomic mass is 15.0. The summed E-state index contributed by atoms with van der Waals surface area (Å²) in [6.45, 7) is 4.73. The maximum atomic E-state index is 2.48. The number of hydrogen-bond donors (Lipinski definition) is 0. The van der Waals surface area contributed by atoms with E-state index in [0.29, 0.717) is 5.92 Å². The lowest BCUT2D eigenvalue weighted by Gasteiger charge is -2.25. The second kappa shape index (κ2) is 9.24. The summed E-state index contributed by atoms with van der Waals surface area (Å²) in [6.07, 6.45) is 3.50. The molecule has 0 spiro atoms. The first-order chi connectivity index (χ1) is 23.6. The van der Waals surface area contributed by atoms with Crippen molar-refractivity contribution in [1.82, 2.24) is 4.57 Å². The molecule has 0 amide bonds. The van der Waals surface area contributed by atoms with Gasteiger partial charge in [-0.2, -0.15) is 0 Å². The van der Waals surface area contributed by atoms with Gasteiger partial charge in [0.1, 0.15) is 0 Å². The quantitative estimate of drug-likeness (QED) is 0.183. The molecule has 0 saturated carbocycles. The Bertz CT molecular complexity index is 2710. The molecular weight excluding hydrogens is 579 g/mol. The van der Waals surface area contributed by atoms with Crippen LogP contribution in [0.5, 0.6) is 0 Å². The van der Waals surface area contributed by atoms with Crippen molar-refractivity contribution in [2.75, 3.05) is 0 Å². The van der Waals surface area contributed by atoms with Crippen LogP contribution in [-0.4, -0.2) is 4.57 Å². The van der Waals surface area contributed by atoms with Crippen molar-refractivity contribution in [3.8, 4) is 27.9 Å². The summed E-state index contributed by atoms with van der Waals surface area (Å²) in [7, 11) is 0. The maximum Gasteiger partial charge on any atom is 0.0547 e. The minimum Gasteiger partial charge on any atom is -0.309 e. The van der Waals surface area contributed by atoms with Crippen LogP contribution in [0.25, 0.3) is 66.1 Å². The van der Waals surface area contributed by atoms with Crippen LogP contribution in [0.4, 0.5) is 0 Å². The molecule has 0 fully saturated rings. The van der Waals surface area contributed by atoms with Crippen molar-refractivity contribution in [1.29, 1.82) is 0 Å². The van der Waals surface area contributed by atoms with Gasteiger partial charge in [0.25, 0.3) is 0 Å². The van der Waals surface area contributed by atoms with Crippen LogP contribution in [0.2, 0.25) is 0 Å². The largest absolute Gasteiger partial charge is 0.309 e. The van der Waals surface area contributed by atoms with E-state index in [1.807, 2.05) is 0 Å². The number of fused-ring (bicyclic) bond motifs is 10. The van der Waals surface area contributed by atoms with E-state index in [1.165, 1.54) is 99.5 Å². The number of rotatable bonds is 2. The molecule has 0 radical (unpaired) electrons. The Hall–Kier alpha value is -5.66. The zero-order valence-corrected chi connectivity index (χ0v) is 27.1. The molecular formula is C47H33N. The molecule has 3 aliphatic carbocycles. The van der Waals surface area contributed by atoms with Crippen molar-refractivity contribution in [2.24, 2.45) is 0 Å². The molecule has 0 bridgehead atoms. The number of benzene rings is 7. The minimum atomic E-state index is -0.0195. The molecule has 3 aliphatic rings. The number of nitrogens with zero attached hydrogens (tertiary/aromatic N) is 1. The van der Waals surface area contributed by atoms with Gasteiger partial charge in [0.05, 0.1) is 11.0 Å². The molecule has 0 aliphatic heterocycles. The maximum absolute atomic E-state index is 2.48. The topological polar surface area (TPSA) is 4.93 Å². The molecule has 1 unspecified atom stereocenters. The normalized spacial score (nSPS) is 16.5. The number of aromatic nitrogens is 1. The molecule has 8 aromatic rings. The summed E-state index contributed by atoms with van der Waals surface area (Å²) >= 11 is 0. The summed E-state index contributed by atoms with van der Waals surface area (Å²) in [4.78, 5) is 0. The summed E-state index contributed by atoms with van der Waals surface area (Å²) < 4.78 is 2.47.